The van der Waals surface area contributed by atoms with E-state index in [0.717, 1.165) is 32.1 Å². The van der Waals surface area contributed by atoms with Gasteiger partial charge in [-0.15, -0.1) is 0 Å². The van der Waals surface area contributed by atoms with Crippen LogP contribution in [0.2, 0.25) is 0 Å². The molecule has 0 heterocycles. The van der Waals surface area contributed by atoms with Gasteiger partial charge in [0.25, 0.3) is 0 Å². The van der Waals surface area contributed by atoms with E-state index in [9.17, 15) is 9.59 Å². The SMILES string of the molecule is CCCOC(=O)C(=CC1CCCCC1C)C(=O)OCCC. The molecular weight excluding hydrogens is 268 g/mol. The number of hydrogen-bond acceptors (Lipinski definition) is 4. The third kappa shape index (κ3) is 5.90. The summed E-state index contributed by atoms with van der Waals surface area (Å²) < 4.78 is 10.2. The van der Waals surface area contributed by atoms with Crippen molar-refractivity contribution in [1.82, 2.24) is 0 Å². The molecule has 1 fully saturated rings. The number of allylic oxidation sites excluding steroid dienone is 1. The lowest BCUT2D eigenvalue weighted by atomic mass is 9.79. The van der Waals surface area contributed by atoms with Crippen LogP contribution in [0.1, 0.15) is 59.3 Å². The van der Waals surface area contributed by atoms with Crippen LogP contribution < -0.4 is 0 Å². The maximum absolute atomic E-state index is 12.1. The normalized spacial score (nSPS) is 21.5. The van der Waals surface area contributed by atoms with Crippen LogP contribution in [0.4, 0.5) is 0 Å². The van der Waals surface area contributed by atoms with Crippen molar-refractivity contribution in [2.45, 2.75) is 59.3 Å². The van der Waals surface area contributed by atoms with Crippen molar-refractivity contribution in [3.8, 4) is 0 Å². The second kappa shape index (κ2) is 9.59. The van der Waals surface area contributed by atoms with Gasteiger partial charge in [-0.2, -0.15) is 0 Å². The molecule has 0 spiro atoms. The molecule has 0 saturated heterocycles. The van der Waals surface area contributed by atoms with E-state index in [0.29, 0.717) is 19.1 Å². The largest absolute Gasteiger partial charge is 0.462 e. The first-order valence-corrected chi connectivity index (χ1v) is 8.16. The van der Waals surface area contributed by atoms with Gasteiger partial charge in [-0.3, -0.25) is 0 Å². The van der Waals surface area contributed by atoms with Gasteiger partial charge < -0.3 is 9.47 Å². The van der Waals surface area contributed by atoms with E-state index >= 15 is 0 Å². The standard InChI is InChI=1S/C17H28O4/c1-4-10-20-16(18)15(17(19)21-11-5-2)12-14-9-7-6-8-13(14)3/h12-14H,4-11H2,1-3H3. The van der Waals surface area contributed by atoms with Gasteiger partial charge in [-0.05, 0) is 31.1 Å². The first kappa shape index (κ1) is 17.7. The lowest BCUT2D eigenvalue weighted by Gasteiger charge is -2.26. The fraction of sp³-hybridized carbons (Fsp3) is 0.765. The summed E-state index contributed by atoms with van der Waals surface area (Å²) in [6.45, 7) is 6.69. The summed E-state index contributed by atoms with van der Waals surface area (Å²) in [4.78, 5) is 24.2. The van der Waals surface area contributed by atoms with Crippen molar-refractivity contribution >= 4 is 11.9 Å². The molecule has 0 amide bonds. The Hall–Kier alpha value is -1.32. The lowest BCUT2D eigenvalue weighted by molar-refractivity contribution is -0.147. The quantitative estimate of drug-likeness (QED) is 0.311. The maximum atomic E-state index is 12.1. The highest BCUT2D eigenvalue weighted by molar-refractivity contribution is 6.14. The molecule has 4 heteroatoms. The first-order chi connectivity index (χ1) is 10.1. The van der Waals surface area contributed by atoms with Crippen LogP contribution in [0.3, 0.4) is 0 Å². The van der Waals surface area contributed by atoms with E-state index in [2.05, 4.69) is 6.92 Å². The molecule has 2 unspecified atom stereocenters. The summed E-state index contributed by atoms with van der Waals surface area (Å²) in [5.74, 6) is -0.338. The summed E-state index contributed by atoms with van der Waals surface area (Å²) >= 11 is 0. The number of esters is 2. The summed E-state index contributed by atoms with van der Waals surface area (Å²) in [5.41, 5.74) is 0.0793. The molecule has 0 aliphatic heterocycles. The Morgan fingerprint density at radius 1 is 1.00 bits per heavy atom. The van der Waals surface area contributed by atoms with Gasteiger partial charge in [0.1, 0.15) is 5.57 Å². The predicted molar refractivity (Wildman–Crippen MR) is 81.7 cm³/mol. The number of ether oxygens (including phenoxy) is 2. The fourth-order valence-corrected chi connectivity index (χ4v) is 2.57. The van der Waals surface area contributed by atoms with Crippen LogP contribution >= 0.6 is 0 Å². The molecule has 120 valence electrons. The number of carbonyl (C=O) groups is 2. The molecule has 0 N–H and O–H groups in total. The molecule has 1 aliphatic carbocycles. The number of hydrogen-bond donors (Lipinski definition) is 0. The van der Waals surface area contributed by atoms with Gasteiger partial charge >= 0.3 is 11.9 Å². The third-order valence-electron chi connectivity index (χ3n) is 3.87. The second-order valence-corrected chi connectivity index (χ2v) is 5.78. The van der Waals surface area contributed by atoms with Crippen LogP contribution in [0.5, 0.6) is 0 Å². The zero-order valence-corrected chi connectivity index (χ0v) is 13.5. The Morgan fingerprint density at radius 3 is 2.00 bits per heavy atom. The Labute approximate surface area is 127 Å². The van der Waals surface area contributed by atoms with Gasteiger partial charge in [0.2, 0.25) is 0 Å². The van der Waals surface area contributed by atoms with Crippen LogP contribution in [0, 0.1) is 11.8 Å². The van der Waals surface area contributed by atoms with Crippen LogP contribution in [0.25, 0.3) is 0 Å². The highest BCUT2D eigenvalue weighted by atomic mass is 16.6. The molecule has 0 radical (unpaired) electrons. The maximum Gasteiger partial charge on any atom is 0.345 e. The monoisotopic (exact) mass is 296 g/mol. The molecule has 1 saturated carbocycles. The zero-order valence-electron chi connectivity index (χ0n) is 13.5. The molecule has 0 aromatic rings. The zero-order chi connectivity index (χ0) is 15.7. The Morgan fingerprint density at radius 2 is 1.52 bits per heavy atom. The van der Waals surface area contributed by atoms with Crippen molar-refractivity contribution in [2.75, 3.05) is 13.2 Å². The van der Waals surface area contributed by atoms with Crippen LogP contribution in [-0.2, 0) is 19.1 Å². The van der Waals surface area contributed by atoms with E-state index in [1.54, 1.807) is 6.08 Å². The molecule has 1 rings (SSSR count). The fourth-order valence-electron chi connectivity index (χ4n) is 2.57. The Kier molecular flexibility index (Phi) is 8.09. The predicted octanol–water partition coefficient (Wildman–Crippen LogP) is 3.65. The number of carbonyl (C=O) groups excluding carboxylic acids is 2. The van der Waals surface area contributed by atoms with Crippen molar-refractivity contribution in [2.24, 2.45) is 11.8 Å². The highest BCUT2D eigenvalue weighted by Crippen LogP contribution is 2.31. The molecule has 0 aromatic heterocycles. The first-order valence-electron chi connectivity index (χ1n) is 8.16. The minimum Gasteiger partial charge on any atom is -0.462 e. The van der Waals surface area contributed by atoms with E-state index in [1.165, 1.54) is 6.42 Å². The highest BCUT2D eigenvalue weighted by Gasteiger charge is 2.26. The molecule has 0 bridgehead atoms. The lowest BCUT2D eigenvalue weighted by Crippen LogP contribution is -2.22. The molecule has 2 atom stereocenters. The topological polar surface area (TPSA) is 52.6 Å². The molecule has 1 aliphatic rings. The molecule has 21 heavy (non-hydrogen) atoms. The summed E-state index contributed by atoms with van der Waals surface area (Å²) in [6.07, 6.45) is 7.80. The van der Waals surface area contributed by atoms with Gasteiger partial charge in [-0.25, -0.2) is 9.59 Å². The Bertz CT molecular complexity index is 351. The number of rotatable bonds is 7. The van der Waals surface area contributed by atoms with E-state index in [-0.39, 0.29) is 11.5 Å². The minimum absolute atomic E-state index is 0.0793. The van der Waals surface area contributed by atoms with E-state index in [4.69, 9.17) is 9.47 Å². The average molecular weight is 296 g/mol. The van der Waals surface area contributed by atoms with Gasteiger partial charge in [-0.1, -0.05) is 46.1 Å². The molecule has 4 nitrogen and oxygen atoms in total. The summed E-state index contributed by atoms with van der Waals surface area (Å²) in [5, 5.41) is 0. The van der Waals surface area contributed by atoms with Crippen molar-refractivity contribution in [3.63, 3.8) is 0 Å². The minimum atomic E-state index is -0.546. The van der Waals surface area contributed by atoms with Gasteiger partial charge in [0.15, 0.2) is 0 Å². The summed E-state index contributed by atoms with van der Waals surface area (Å²) in [6, 6.07) is 0. The van der Waals surface area contributed by atoms with Crippen molar-refractivity contribution < 1.29 is 19.1 Å². The third-order valence-corrected chi connectivity index (χ3v) is 3.87. The van der Waals surface area contributed by atoms with Crippen molar-refractivity contribution in [1.29, 1.82) is 0 Å². The van der Waals surface area contributed by atoms with Gasteiger partial charge in [0, 0.05) is 0 Å². The average Bonchev–Trinajstić information content (AvgIpc) is 2.49. The van der Waals surface area contributed by atoms with Crippen LogP contribution in [0.15, 0.2) is 11.6 Å². The van der Waals surface area contributed by atoms with Crippen LogP contribution in [-0.4, -0.2) is 25.2 Å². The van der Waals surface area contributed by atoms with Gasteiger partial charge in [0.05, 0.1) is 13.2 Å². The van der Waals surface area contributed by atoms with E-state index in [1.807, 2.05) is 13.8 Å². The second-order valence-electron chi connectivity index (χ2n) is 5.78. The smallest absolute Gasteiger partial charge is 0.345 e. The molecule has 0 aromatic carbocycles. The van der Waals surface area contributed by atoms with E-state index < -0.39 is 11.9 Å². The summed E-state index contributed by atoms with van der Waals surface area (Å²) in [7, 11) is 0. The Balaban J connectivity index is 2.83. The molecular formula is C17H28O4. The van der Waals surface area contributed by atoms with Crippen molar-refractivity contribution in [3.05, 3.63) is 11.6 Å².